The van der Waals surface area contributed by atoms with Crippen molar-refractivity contribution in [1.82, 2.24) is 14.5 Å². The second-order valence-corrected chi connectivity index (χ2v) is 11.7. The van der Waals surface area contributed by atoms with Gasteiger partial charge in [-0.3, -0.25) is 4.90 Å². The number of halogens is 3. The van der Waals surface area contributed by atoms with Gasteiger partial charge in [0.2, 0.25) is 10.0 Å². The summed E-state index contributed by atoms with van der Waals surface area (Å²) < 4.78 is 71.3. The third-order valence-corrected chi connectivity index (χ3v) is 6.50. The molecule has 8 nitrogen and oxygen atoms in total. The second-order valence-electron chi connectivity index (χ2n) is 9.91. The molecule has 0 bridgehead atoms. The number of anilines is 1. The molecule has 192 valence electrons. The van der Waals surface area contributed by atoms with Crippen molar-refractivity contribution in [3.8, 4) is 0 Å². The van der Waals surface area contributed by atoms with Gasteiger partial charge >= 0.3 is 12.3 Å². The van der Waals surface area contributed by atoms with E-state index in [0.717, 1.165) is 24.0 Å². The van der Waals surface area contributed by atoms with Crippen LogP contribution in [-0.2, 0) is 27.5 Å². The lowest BCUT2D eigenvalue weighted by Crippen LogP contribution is -2.49. The Hall–Kier alpha value is -2.05. The number of amides is 1. The lowest BCUT2D eigenvalue weighted by Gasteiger charge is -2.36. The first-order valence-corrected chi connectivity index (χ1v) is 13.1. The fourth-order valence-electron chi connectivity index (χ4n) is 4.20. The van der Waals surface area contributed by atoms with E-state index in [-0.39, 0.29) is 12.1 Å². The highest BCUT2D eigenvalue weighted by atomic mass is 32.2. The number of sulfonamides is 1. The van der Waals surface area contributed by atoms with Crippen LogP contribution < -0.4 is 9.62 Å². The van der Waals surface area contributed by atoms with Crippen LogP contribution in [0.15, 0.2) is 18.2 Å². The summed E-state index contributed by atoms with van der Waals surface area (Å²) in [6, 6.07) is 3.37. The van der Waals surface area contributed by atoms with E-state index < -0.39 is 27.4 Å². The Kier molecular flexibility index (Phi) is 7.73. The molecule has 2 aliphatic heterocycles. The first-order valence-electron chi connectivity index (χ1n) is 11.2. The molecule has 1 amide bonds. The van der Waals surface area contributed by atoms with Gasteiger partial charge in [-0.1, -0.05) is 6.07 Å². The van der Waals surface area contributed by atoms with Crippen molar-refractivity contribution in [2.75, 3.05) is 50.4 Å². The summed E-state index contributed by atoms with van der Waals surface area (Å²) in [6.07, 6.45) is -3.26. The van der Waals surface area contributed by atoms with E-state index in [4.69, 9.17) is 4.74 Å². The maximum atomic E-state index is 13.4. The Balaban J connectivity index is 1.72. The van der Waals surface area contributed by atoms with Gasteiger partial charge in [-0.05, 0) is 44.9 Å². The van der Waals surface area contributed by atoms with Gasteiger partial charge in [-0.15, -0.1) is 0 Å². The van der Waals surface area contributed by atoms with Crippen LogP contribution in [0.3, 0.4) is 0 Å². The molecule has 1 aromatic rings. The van der Waals surface area contributed by atoms with E-state index in [1.807, 2.05) is 25.7 Å². The molecule has 0 radical (unpaired) electrons. The Morgan fingerprint density at radius 1 is 1.12 bits per heavy atom. The van der Waals surface area contributed by atoms with E-state index in [1.54, 1.807) is 4.90 Å². The fourth-order valence-corrected chi connectivity index (χ4v) is 5.00. The van der Waals surface area contributed by atoms with Crippen molar-refractivity contribution in [3.05, 3.63) is 29.3 Å². The SMILES string of the molecule is CC(C)(C)OC(=O)N1CCN(Cc2ccc(C(F)(F)F)cc2N2CC[C@@H](NS(C)(=O)=O)C2)CC1. The Bertz CT molecular complexity index is 987. The van der Waals surface area contributed by atoms with Crippen LogP contribution in [0.5, 0.6) is 0 Å². The van der Waals surface area contributed by atoms with Gasteiger partial charge in [0.05, 0.1) is 11.8 Å². The summed E-state index contributed by atoms with van der Waals surface area (Å²) in [5.74, 6) is 0. The van der Waals surface area contributed by atoms with E-state index >= 15 is 0 Å². The molecule has 2 saturated heterocycles. The van der Waals surface area contributed by atoms with E-state index in [2.05, 4.69) is 9.62 Å². The summed E-state index contributed by atoms with van der Waals surface area (Å²) in [5.41, 5.74) is -0.121. The average Bonchev–Trinajstić information content (AvgIpc) is 3.13. The van der Waals surface area contributed by atoms with Gasteiger partial charge in [-0.2, -0.15) is 13.2 Å². The highest BCUT2D eigenvalue weighted by Gasteiger charge is 2.34. The standard InChI is InChI=1S/C22H33F3N4O4S/c1-21(2,3)33-20(30)28-11-9-27(10-12-28)14-16-5-6-17(22(23,24)25)13-19(16)29-8-7-18(15-29)26-34(4,31)32/h5-6,13,18,26H,7-12,14-15H2,1-4H3/t18-/m1/s1. The minimum atomic E-state index is -4.48. The number of hydrogen-bond acceptors (Lipinski definition) is 6. The number of benzene rings is 1. The smallest absolute Gasteiger partial charge is 0.416 e. The van der Waals surface area contributed by atoms with Gasteiger partial charge in [0.25, 0.3) is 0 Å². The molecule has 0 spiro atoms. The molecule has 34 heavy (non-hydrogen) atoms. The molecular weight excluding hydrogens is 473 g/mol. The highest BCUT2D eigenvalue weighted by Crippen LogP contribution is 2.35. The number of carbonyl (C=O) groups is 1. The van der Waals surface area contributed by atoms with Crippen molar-refractivity contribution in [2.45, 2.75) is 51.6 Å². The average molecular weight is 507 g/mol. The number of alkyl halides is 3. The minimum absolute atomic E-state index is 0.299. The third kappa shape index (κ3) is 7.47. The summed E-state index contributed by atoms with van der Waals surface area (Å²) in [7, 11) is -3.41. The zero-order valence-corrected chi connectivity index (χ0v) is 20.8. The largest absolute Gasteiger partial charge is 0.444 e. The molecule has 0 unspecified atom stereocenters. The van der Waals surface area contributed by atoms with Gasteiger partial charge in [0.15, 0.2) is 0 Å². The minimum Gasteiger partial charge on any atom is -0.444 e. The zero-order chi connectivity index (χ0) is 25.3. The lowest BCUT2D eigenvalue weighted by atomic mass is 10.1. The Labute approximate surface area is 199 Å². The number of hydrogen-bond donors (Lipinski definition) is 1. The fraction of sp³-hybridized carbons (Fsp3) is 0.682. The predicted octanol–water partition coefficient (Wildman–Crippen LogP) is 2.89. The molecule has 1 aromatic carbocycles. The molecule has 2 fully saturated rings. The molecular formula is C22H33F3N4O4S. The van der Waals surface area contributed by atoms with E-state index in [9.17, 15) is 26.4 Å². The van der Waals surface area contributed by atoms with Crippen molar-refractivity contribution < 1.29 is 31.1 Å². The van der Waals surface area contributed by atoms with Crippen molar-refractivity contribution in [2.24, 2.45) is 0 Å². The number of carbonyl (C=O) groups excluding carboxylic acids is 1. The molecule has 0 aromatic heterocycles. The van der Waals surface area contributed by atoms with Crippen molar-refractivity contribution >= 4 is 21.8 Å². The van der Waals surface area contributed by atoms with Crippen LogP contribution in [0.25, 0.3) is 0 Å². The molecule has 12 heteroatoms. The van der Waals surface area contributed by atoms with Crippen LogP contribution >= 0.6 is 0 Å². The molecule has 0 aliphatic carbocycles. The van der Waals surface area contributed by atoms with Gasteiger partial charge in [-0.25, -0.2) is 17.9 Å². The highest BCUT2D eigenvalue weighted by molar-refractivity contribution is 7.88. The van der Waals surface area contributed by atoms with Gasteiger partial charge < -0.3 is 14.5 Å². The number of nitrogens with zero attached hydrogens (tertiary/aromatic N) is 3. The number of piperazine rings is 1. The maximum absolute atomic E-state index is 13.4. The number of rotatable bonds is 5. The van der Waals surface area contributed by atoms with Crippen molar-refractivity contribution in [1.29, 1.82) is 0 Å². The molecule has 3 rings (SSSR count). The van der Waals surface area contributed by atoms with E-state index in [0.29, 0.717) is 57.9 Å². The molecule has 2 heterocycles. The monoisotopic (exact) mass is 506 g/mol. The summed E-state index contributed by atoms with van der Waals surface area (Å²) >= 11 is 0. The summed E-state index contributed by atoms with van der Waals surface area (Å²) in [5, 5.41) is 0. The van der Waals surface area contributed by atoms with Crippen LogP contribution in [0.4, 0.5) is 23.7 Å². The molecule has 2 aliphatic rings. The number of nitrogens with one attached hydrogen (secondary N) is 1. The first-order chi connectivity index (χ1) is 15.6. The maximum Gasteiger partial charge on any atom is 0.416 e. The van der Waals surface area contributed by atoms with Crippen LogP contribution in [0.2, 0.25) is 0 Å². The van der Waals surface area contributed by atoms with Crippen LogP contribution in [0.1, 0.15) is 38.3 Å². The zero-order valence-electron chi connectivity index (χ0n) is 20.0. The normalized spacial score (nSPS) is 20.6. The van der Waals surface area contributed by atoms with Gasteiger partial charge in [0, 0.05) is 57.5 Å². The Morgan fingerprint density at radius 2 is 1.76 bits per heavy atom. The Morgan fingerprint density at radius 3 is 2.32 bits per heavy atom. The summed E-state index contributed by atoms with van der Waals surface area (Å²) in [4.78, 5) is 17.8. The summed E-state index contributed by atoms with van der Waals surface area (Å²) in [6.45, 7) is 8.67. The quantitative estimate of drug-likeness (QED) is 0.662. The molecule has 0 saturated carbocycles. The van der Waals surface area contributed by atoms with Crippen molar-refractivity contribution in [3.63, 3.8) is 0 Å². The predicted molar refractivity (Wildman–Crippen MR) is 123 cm³/mol. The second kappa shape index (κ2) is 9.90. The van der Waals surface area contributed by atoms with E-state index in [1.165, 1.54) is 6.07 Å². The van der Waals surface area contributed by atoms with Crippen LogP contribution in [0, 0.1) is 0 Å². The first kappa shape index (κ1) is 26.6. The van der Waals surface area contributed by atoms with Gasteiger partial charge in [0.1, 0.15) is 5.60 Å². The lowest BCUT2D eigenvalue weighted by molar-refractivity contribution is -0.137. The third-order valence-electron chi connectivity index (χ3n) is 5.74. The number of ether oxygens (including phenoxy) is 1. The molecule has 1 atom stereocenters. The van der Waals surface area contributed by atoms with Crippen LogP contribution in [-0.4, -0.2) is 81.5 Å². The topological polar surface area (TPSA) is 82.2 Å². The molecule has 1 N–H and O–H groups in total.